The van der Waals surface area contributed by atoms with Crippen molar-refractivity contribution in [3.05, 3.63) is 0 Å². The maximum Gasteiger partial charge on any atom is 0.472 e. The van der Waals surface area contributed by atoms with Gasteiger partial charge in [0.25, 0.3) is 0 Å². The number of aliphatic hydroxyl groups is 1. The van der Waals surface area contributed by atoms with Crippen LogP contribution in [0.25, 0.3) is 0 Å². The number of rotatable bonds is 87. The van der Waals surface area contributed by atoms with Crippen molar-refractivity contribution in [3.63, 3.8) is 0 Å². The van der Waals surface area contributed by atoms with Crippen LogP contribution in [-0.4, -0.2) is 96.7 Å². The van der Waals surface area contributed by atoms with Gasteiger partial charge >= 0.3 is 39.5 Å². The van der Waals surface area contributed by atoms with E-state index in [2.05, 4.69) is 34.6 Å². The summed E-state index contributed by atoms with van der Waals surface area (Å²) in [6, 6.07) is 0. The van der Waals surface area contributed by atoms with Gasteiger partial charge in [0.2, 0.25) is 0 Å². The normalized spacial score (nSPS) is 13.7. The van der Waals surface area contributed by atoms with Gasteiger partial charge in [-0.15, -0.1) is 0 Å². The van der Waals surface area contributed by atoms with Crippen LogP contribution in [0.15, 0.2) is 0 Å². The third-order valence-electron chi connectivity index (χ3n) is 20.5. The molecule has 3 N–H and O–H groups in total. The first-order valence-electron chi connectivity index (χ1n) is 45.1. The molecule has 0 aromatic rings. The van der Waals surface area contributed by atoms with Crippen LogP contribution in [0.1, 0.15) is 471 Å². The van der Waals surface area contributed by atoms with Gasteiger partial charge in [-0.2, -0.15) is 0 Å². The van der Waals surface area contributed by atoms with Gasteiger partial charge in [0, 0.05) is 25.7 Å². The van der Waals surface area contributed by atoms with Gasteiger partial charge in [-0.3, -0.25) is 37.3 Å². The van der Waals surface area contributed by atoms with Crippen molar-refractivity contribution in [2.24, 2.45) is 5.92 Å². The lowest BCUT2D eigenvalue weighted by Crippen LogP contribution is -2.30. The summed E-state index contributed by atoms with van der Waals surface area (Å²) < 4.78 is 68.9. The fourth-order valence-electron chi connectivity index (χ4n) is 13.6. The van der Waals surface area contributed by atoms with Crippen molar-refractivity contribution < 1.29 is 80.2 Å². The Morgan fingerprint density at radius 2 is 0.434 bits per heavy atom. The van der Waals surface area contributed by atoms with Crippen molar-refractivity contribution in [2.75, 3.05) is 39.6 Å². The highest BCUT2D eigenvalue weighted by atomic mass is 31.2. The minimum atomic E-state index is -4.97. The lowest BCUT2D eigenvalue weighted by atomic mass is 10.0. The van der Waals surface area contributed by atoms with Crippen molar-refractivity contribution >= 4 is 39.5 Å². The minimum Gasteiger partial charge on any atom is -0.462 e. The van der Waals surface area contributed by atoms with Crippen LogP contribution >= 0.6 is 15.6 Å². The molecular formula is C87H170O17P2. The zero-order valence-electron chi connectivity index (χ0n) is 69.6. The van der Waals surface area contributed by atoms with E-state index in [1.54, 1.807) is 0 Å². The lowest BCUT2D eigenvalue weighted by Gasteiger charge is -2.21. The Labute approximate surface area is 651 Å². The number of ether oxygens (including phenoxy) is 4. The topological polar surface area (TPSA) is 237 Å². The predicted octanol–water partition coefficient (Wildman–Crippen LogP) is 26.8. The number of carbonyl (C=O) groups excluding carboxylic acids is 4. The molecule has 0 aromatic heterocycles. The van der Waals surface area contributed by atoms with Crippen molar-refractivity contribution in [2.45, 2.75) is 490 Å². The van der Waals surface area contributed by atoms with E-state index in [-0.39, 0.29) is 25.7 Å². The van der Waals surface area contributed by atoms with Crippen molar-refractivity contribution in [3.8, 4) is 0 Å². The number of carbonyl (C=O) groups is 4. The quantitative estimate of drug-likeness (QED) is 0.0222. The van der Waals surface area contributed by atoms with E-state index in [4.69, 9.17) is 37.0 Å². The molecule has 0 amide bonds. The van der Waals surface area contributed by atoms with E-state index in [0.29, 0.717) is 25.7 Å². The number of hydrogen-bond donors (Lipinski definition) is 3. The summed E-state index contributed by atoms with van der Waals surface area (Å²) in [5, 5.41) is 10.7. The van der Waals surface area contributed by atoms with Crippen LogP contribution < -0.4 is 0 Å². The predicted molar refractivity (Wildman–Crippen MR) is 437 cm³/mol. The van der Waals surface area contributed by atoms with Crippen molar-refractivity contribution in [1.29, 1.82) is 0 Å². The van der Waals surface area contributed by atoms with Gasteiger partial charge in [0.15, 0.2) is 12.2 Å². The molecule has 0 aliphatic heterocycles. The Morgan fingerprint density at radius 1 is 0.255 bits per heavy atom. The second-order valence-electron chi connectivity index (χ2n) is 31.8. The molecule has 0 rings (SSSR count). The fourth-order valence-corrected chi connectivity index (χ4v) is 15.2. The Balaban J connectivity index is 5.22. The summed E-state index contributed by atoms with van der Waals surface area (Å²) in [4.78, 5) is 73.2. The highest BCUT2D eigenvalue weighted by Gasteiger charge is 2.30. The van der Waals surface area contributed by atoms with E-state index >= 15 is 0 Å². The molecule has 0 saturated heterocycles. The number of aliphatic hydroxyl groups excluding tert-OH is 1. The number of esters is 4. The first-order chi connectivity index (χ1) is 51.5. The van der Waals surface area contributed by atoms with E-state index < -0.39 is 97.5 Å². The van der Waals surface area contributed by atoms with Gasteiger partial charge < -0.3 is 33.8 Å². The van der Waals surface area contributed by atoms with Crippen LogP contribution in [0.3, 0.4) is 0 Å². The molecule has 0 aliphatic carbocycles. The largest absolute Gasteiger partial charge is 0.472 e. The number of phosphoric ester groups is 2. The molecule has 19 heteroatoms. The molecule has 5 atom stereocenters. The third-order valence-corrected chi connectivity index (χ3v) is 22.4. The minimum absolute atomic E-state index is 0.108. The Kier molecular flexibility index (Phi) is 78.2. The number of hydrogen-bond acceptors (Lipinski definition) is 15. The first kappa shape index (κ1) is 104. The number of phosphoric acid groups is 2. The maximum atomic E-state index is 13.2. The lowest BCUT2D eigenvalue weighted by molar-refractivity contribution is -0.161. The molecule has 0 saturated carbocycles. The SMILES string of the molecule is CCCCCCCCCCCCCCCCCCCCCCC(=O)O[C@H](COC(=O)CCCCCCCCCCCCCCCCCCCCC)COP(=O)(O)OC[C@@H](O)COP(=O)(O)OC[C@@H](COC(=O)CCCCCCCCCCCC)OC(=O)CCCCCCCCCCCCCCCCC(C)C. The zero-order chi connectivity index (χ0) is 77.6. The molecule has 0 heterocycles. The molecule has 0 bridgehead atoms. The molecule has 630 valence electrons. The summed E-state index contributed by atoms with van der Waals surface area (Å²) in [6.07, 6.45) is 73.6. The average molecular weight is 1550 g/mol. The van der Waals surface area contributed by atoms with E-state index in [1.165, 1.54) is 295 Å². The van der Waals surface area contributed by atoms with Gasteiger partial charge in [-0.25, -0.2) is 9.13 Å². The Hall–Kier alpha value is -1.94. The van der Waals surface area contributed by atoms with Gasteiger partial charge in [-0.05, 0) is 31.6 Å². The highest BCUT2D eigenvalue weighted by molar-refractivity contribution is 7.47. The zero-order valence-corrected chi connectivity index (χ0v) is 71.4. The van der Waals surface area contributed by atoms with Gasteiger partial charge in [0.1, 0.15) is 19.3 Å². The highest BCUT2D eigenvalue weighted by Crippen LogP contribution is 2.45. The van der Waals surface area contributed by atoms with Crippen LogP contribution in [0.2, 0.25) is 0 Å². The second kappa shape index (κ2) is 79.7. The molecule has 0 fully saturated rings. The smallest absolute Gasteiger partial charge is 0.462 e. The third kappa shape index (κ3) is 80.1. The molecule has 2 unspecified atom stereocenters. The monoisotopic (exact) mass is 1550 g/mol. The fraction of sp³-hybridized carbons (Fsp3) is 0.954. The van der Waals surface area contributed by atoms with E-state index in [1.807, 2.05) is 0 Å². The maximum absolute atomic E-state index is 13.2. The standard InChI is InChI=1S/C87H170O17P2/c1-6-9-12-15-18-21-24-26-28-30-32-34-36-38-43-47-52-57-62-67-72-86(91)104-83(77-98-85(90)71-66-61-56-51-46-42-37-35-33-31-29-27-25-22-19-16-13-10-7-2)79-102-106(95,96)100-75-81(88)74-99-105(93,94)101-78-82(76-97-84(89)70-65-60-55-50-23-20-17-14-11-8-3)103-87(92)73-68-63-58-53-48-44-40-39-41-45-49-54-59-64-69-80(4)5/h80-83,88H,6-79H2,1-5H3,(H,93,94)(H,95,96)/t81-,82+,83+/m0/s1. The average Bonchev–Trinajstić information content (AvgIpc) is 0.901. The van der Waals surface area contributed by atoms with Crippen LogP contribution in [-0.2, 0) is 65.4 Å². The van der Waals surface area contributed by atoms with Crippen LogP contribution in [0.5, 0.6) is 0 Å². The molecule has 0 radical (unpaired) electrons. The van der Waals surface area contributed by atoms with Crippen LogP contribution in [0.4, 0.5) is 0 Å². The molecule has 17 nitrogen and oxygen atoms in total. The Bertz CT molecular complexity index is 2010. The number of unbranched alkanes of at least 4 members (excludes halogenated alkanes) is 59. The summed E-state index contributed by atoms with van der Waals surface area (Å²) in [6.45, 7) is 7.38. The van der Waals surface area contributed by atoms with E-state index in [9.17, 15) is 43.2 Å². The van der Waals surface area contributed by atoms with Crippen molar-refractivity contribution in [1.82, 2.24) is 0 Å². The molecule has 106 heavy (non-hydrogen) atoms. The molecular weight excluding hydrogens is 1380 g/mol. The molecule has 0 spiro atoms. The van der Waals surface area contributed by atoms with E-state index in [0.717, 1.165) is 95.8 Å². The first-order valence-corrected chi connectivity index (χ1v) is 48.1. The summed E-state index contributed by atoms with van der Waals surface area (Å²) in [7, 11) is -9.93. The van der Waals surface area contributed by atoms with Gasteiger partial charge in [-0.1, -0.05) is 420 Å². The second-order valence-corrected chi connectivity index (χ2v) is 34.7. The molecule has 0 aliphatic rings. The Morgan fingerprint density at radius 3 is 0.642 bits per heavy atom. The molecule has 0 aromatic carbocycles. The van der Waals surface area contributed by atoms with Gasteiger partial charge in [0.05, 0.1) is 26.4 Å². The summed E-state index contributed by atoms with van der Waals surface area (Å²) >= 11 is 0. The summed E-state index contributed by atoms with van der Waals surface area (Å²) in [5.74, 6) is -1.30. The van der Waals surface area contributed by atoms with Crippen LogP contribution in [0, 0.1) is 5.92 Å². The summed E-state index contributed by atoms with van der Waals surface area (Å²) in [5.41, 5.74) is 0.